The van der Waals surface area contributed by atoms with Gasteiger partial charge in [-0.15, -0.1) is 0 Å². The topological polar surface area (TPSA) is 55.5 Å². The van der Waals surface area contributed by atoms with Crippen LogP contribution < -0.4 is 10.5 Å². The van der Waals surface area contributed by atoms with Gasteiger partial charge in [-0.3, -0.25) is 0 Å². The lowest BCUT2D eigenvalue weighted by atomic mass is 10.0. The fourth-order valence-electron chi connectivity index (χ4n) is 2.78. The van der Waals surface area contributed by atoms with Crippen LogP contribution in [0.1, 0.15) is 50.6 Å². The normalized spacial score (nSPS) is 19.3. The van der Waals surface area contributed by atoms with Crippen molar-refractivity contribution in [2.75, 3.05) is 6.61 Å². The van der Waals surface area contributed by atoms with Crippen LogP contribution in [0.15, 0.2) is 24.3 Å². The molecule has 0 heterocycles. The third-order valence-electron chi connectivity index (χ3n) is 3.91. The Balaban J connectivity index is 1.79. The molecule has 1 aliphatic carbocycles. The number of aliphatic hydroxyl groups excluding tert-OH is 1. The lowest BCUT2D eigenvalue weighted by Gasteiger charge is -2.16. The van der Waals surface area contributed by atoms with Gasteiger partial charge >= 0.3 is 0 Å². The molecule has 0 bridgehead atoms. The summed E-state index contributed by atoms with van der Waals surface area (Å²) in [6, 6.07) is 7.80. The van der Waals surface area contributed by atoms with E-state index in [1.54, 1.807) is 0 Å². The van der Waals surface area contributed by atoms with Gasteiger partial charge in [0.1, 0.15) is 12.4 Å². The molecule has 1 fully saturated rings. The third-order valence-corrected chi connectivity index (χ3v) is 3.91. The number of aliphatic hydroxyl groups is 1. The van der Waals surface area contributed by atoms with Crippen molar-refractivity contribution < 1.29 is 9.84 Å². The molecule has 1 unspecified atom stereocenters. The number of rotatable bonds is 6. The molecule has 2 atom stereocenters. The summed E-state index contributed by atoms with van der Waals surface area (Å²) in [5.74, 6) is 1.48. The second-order valence-corrected chi connectivity index (χ2v) is 5.71. The van der Waals surface area contributed by atoms with Crippen LogP contribution >= 0.6 is 0 Å². The molecule has 2 rings (SSSR count). The molecule has 3 nitrogen and oxygen atoms in total. The quantitative estimate of drug-likeness (QED) is 0.829. The van der Waals surface area contributed by atoms with E-state index in [0.717, 1.165) is 17.7 Å². The Labute approximate surface area is 115 Å². The number of ether oxygens (including phenoxy) is 1. The number of hydrogen-bond acceptors (Lipinski definition) is 3. The lowest BCUT2D eigenvalue weighted by molar-refractivity contribution is 0.0855. The molecule has 0 radical (unpaired) electrons. The van der Waals surface area contributed by atoms with E-state index >= 15 is 0 Å². The van der Waals surface area contributed by atoms with Crippen LogP contribution in [-0.4, -0.2) is 17.8 Å². The molecular weight excluding hydrogens is 238 g/mol. The second kappa shape index (κ2) is 6.92. The Hall–Kier alpha value is -1.06. The minimum absolute atomic E-state index is 0.00645. The van der Waals surface area contributed by atoms with E-state index in [9.17, 15) is 5.11 Å². The summed E-state index contributed by atoms with van der Waals surface area (Å²) in [6.45, 7) is 2.33. The van der Waals surface area contributed by atoms with Crippen molar-refractivity contribution in [2.45, 2.75) is 51.2 Å². The first kappa shape index (κ1) is 14.4. The Bertz CT molecular complexity index is 386. The first-order chi connectivity index (χ1) is 9.15. The molecular formula is C16H25NO2. The highest BCUT2D eigenvalue weighted by Gasteiger charge is 2.19. The van der Waals surface area contributed by atoms with Crippen molar-refractivity contribution >= 4 is 0 Å². The highest BCUT2D eigenvalue weighted by atomic mass is 16.5. The first-order valence-corrected chi connectivity index (χ1v) is 7.31. The van der Waals surface area contributed by atoms with Gasteiger partial charge in [-0.25, -0.2) is 0 Å². The molecule has 0 aromatic heterocycles. The van der Waals surface area contributed by atoms with Gasteiger partial charge in [0.05, 0.1) is 6.10 Å². The van der Waals surface area contributed by atoms with Gasteiger partial charge in [-0.05, 0) is 37.0 Å². The molecule has 1 aliphatic rings. The molecule has 106 valence electrons. The maximum Gasteiger partial charge on any atom is 0.119 e. The summed E-state index contributed by atoms with van der Waals surface area (Å²) >= 11 is 0. The second-order valence-electron chi connectivity index (χ2n) is 5.71. The van der Waals surface area contributed by atoms with Gasteiger partial charge in [0.2, 0.25) is 0 Å². The molecule has 1 saturated carbocycles. The van der Waals surface area contributed by atoms with E-state index in [0.29, 0.717) is 12.5 Å². The maximum absolute atomic E-state index is 10.00. The van der Waals surface area contributed by atoms with E-state index in [1.807, 2.05) is 31.2 Å². The van der Waals surface area contributed by atoms with Crippen molar-refractivity contribution in [3.05, 3.63) is 29.8 Å². The predicted octanol–water partition coefficient (Wildman–Crippen LogP) is 3.03. The molecule has 1 aromatic carbocycles. The molecule has 0 aliphatic heterocycles. The number of benzene rings is 1. The third kappa shape index (κ3) is 4.51. The van der Waals surface area contributed by atoms with Crippen LogP contribution in [0, 0.1) is 5.92 Å². The highest BCUT2D eigenvalue weighted by Crippen LogP contribution is 2.28. The van der Waals surface area contributed by atoms with Crippen LogP contribution in [-0.2, 0) is 0 Å². The summed E-state index contributed by atoms with van der Waals surface area (Å²) in [4.78, 5) is 0. The van der Waals surface area contributed by atoms with Gasteiger partial charge in [0.15, 0.2) is 0 Å². The minimum atomic E-state index is -0.359. The Kier molecular flexibility index (Phi) is 5.23. The van der Waals surface area contributed by atoms with Gasteiger partial charge in [0.25, 0.3) is 0 Å². The summed E-state index contributed by atoms with van der Waals surface area (Å²) in [5.41, 5.74) is 6.90. The summed E-state index contributed by atoms with van der Waals surface area (Å²) in [6.07, 6.45) is 5.66. The summed E-state index contributed by atoms with van der Waals surface area (Å²) in [5, 5.41) is 10.00. The molecule has 0 saturated heterocycles. The Morgan fingerprint density at radius 2 is 2.11 bits per heavy atom. The van der Waals surface area contributed by atoms with Gasteiger partial charge < -0.3 is 15.6 Å². The summed E-state index contributed by atoms with van der Waals surface area (Å²) in [7, 11) is 0. The fraction of sp³-hybridized carbons (Fsp3) is 0.625. The zero-order valence-electron chi connectivity index (χ0n) is 11.7. The Morgan fingerprint density at radius 3 is 2.79 bits per heavy atom. The number of nitrogens with two attached hydrogens (primary N) is 1. The average molecular weight is 263 g/mol. The van der Waals surface area contributed by atoms with Crippen LogP contribution in [0.4, 0.5) is 0 Å². The van der Waals surface area contributed by atoms with Crippen molar-refractivity contribution in [1.82, 2.24) is 0 Å². The molecule has 0 amide bonds. The monoisotopic (exact) mass is 263 g/mol. The minimum Gasteiger partial charge on any atom is -0.491 e. The highest BCUT2D eigenvalue weighted by molar-refractivity contribution is 5.30. The number of hydrogen-bond donors (Lipinski definition) is 2. The van der Waals surface area contributed by atoms with Gasteiger partial charge in [0, 0.05) is 6.04 Å². The molecule has 0 spiro atoms. The SMILES string of the molecule is C[C@H](N)c1cccc(OCC(O)CC2CCCC2)c1. The Morgan fingerprint density at radius 1 is 1.37 bits per heavy atom. The van der Waals surface area contributed by atoms with Crippen molar-refractivity contribution in [2.24, 2.45) is 11.7 Å². The van der Waals surface area contributed by atoms with Crippen LogP contribution in [0.25, 0.3) is 0 Å². The van der Waals surface area contributed by atoms with Crippen molar-refractivity contribution in [3.8, 4) is 5.75 Å². The molecule has 3 heteroatoms. The molecule has 1 aromatic rings. The van der Waals surface area contributed by atoms with Crippen molar-refractivity contribution in [1.29, 1.82) is 0 Å². The smallest absolute Gasteiger partial charge is 0.119 e. The van der Waals surface area contributed by atoms with E-state index in [-0.39, 0.29) is 12.1 Å². The largest absolute Gasteiger partial charge is 0.491 e. The maximum atomic E-state index is 10.00. The zero-order valence-corrected chi connectivity index (χ0v) is 11.7. The molecule has 3 N–H and O–H groups in total. The predicted molar refractivity (Wildman–Crippen MR) is 77.1 cm³/mol. The van der Waals surface area contributed by atoms with E-state index in [4.69, 9.17) is 10.5 Å². The first-order valence-electron chi connectivity index (χ1n) is 7.31. The van der Waals surface area contributed by atoms with Gasteiger partial charge in [-0.2, -0.15) is 0 Å². The average Bonchev–Trinajstić information content (AvgIpc) is 2.89. The lowest BCUT2D eigenvalue weighted by Crippen LogP contribution is -2.20. The molecule has 19 heavy (non-hydrogen) atoms. The van der Waals surface area contributed by atoms with Crippen molar-refractivity contribution in [3.63, 3.8) is 0 Å². The van der Waals surface area contributed by atoms with E-state index < -0.39 is 0 Å². The van der Waals surface area contributed by atoms with E-state index in [2.05, 4.69) is 0 Å². The van der Waals surface area contributed by atoms with E-state index in [1.165, 1.54) is 25.7 Å². The zero-order chi connectivity index (χ0) is 13.7. The van der Waals surface area contributed by atoms with Crippen LogP contribution in [0.5, 0.6) is 5.75 Å². The standard InChI is InChI=1S/C16H25NO2/c1-12(17)14-7-4-8-16(10-14)19-11-15(18)9-13-5-2-3-6-13/h4,7-8,10,12-13,15,18H,2-3,5-6,9,11,17H2,1H3/t12-,15?/m0/s1. The van der Waals surface area contributed by atoms with Crippen LogP contribution in [0.2, 0.25) is 0 Å². The summed E-state index contributed by atoms with van der Waals surface area (Å²) < 4.78 is 5.66. The van der Waals surface area contributed by atoms with Crippen LogP contribution in [0.3, 0.4) is 0 Å². The fourth-order valence-corrected chi connectivity index (χ4v) is 2.78. The van der Waals surface area contributed by atoms with Gasteiger partial charge in [-0.1, -0.05) is 37.8 Å².